The smallest absolute Gasteiger partial charge is 0.159 e. The first-order valence-corrected chi connectivity index (χ1v) is 6.31. The lowest BCUT2D eigenvalue weighted by Gasteiger charge is -2.25. The summed E-state index contributed by atoms with van der Waals surface area (Å²) in [4.78, 5) is 16.3. The molecule has 82 valence electrons. The molecule has 2 rings (SSSR count). The molecule has 1 fully saturated rings. The van der Waals surface area contributed by atoms with Gasteiger partial charge in [-0.3, -0.25) is 4.79 Å². The fourth-order valence-electron chi connectivity index (χ4n) is 2.19. The highest BCUT2D eigenvalue weighted by Gasteiger charge is 2.38. The van der Waals surface area contributed by atoms with Crippen molar-refractivity contribution < 1.29 is 4.79 Å². The van der Waals surface area contributed by atoms with Gasteiger partial charge in [-0.05, 0) is 25.8 Å². The highest BCUT2D eigenvalue weighted by Crippen LogP contribution is 2.25. The first-order valence-electron chi connectivity index (χ1n) is 5.43. The Balaban J connectivity index is 2.06. The zero-order valence-corrected chi connectivity index (χ0v) is 9.77. The average molecular weight is 224 g/mol. The van der Waals surface area contributed by atoms with Crippen LogP contribution in [0.1, 0.15) is 31.2 Å². The van der Waals surface area contributed by atoms with Gasteiger partial charge in [0.05, 0.1) is 17.0 Å². The minimum Gasteiger partial charge on any atom is -0.305 e. The highest BCUT2D eigenvalue weighted by atomic mass is 32.1. The van der Waals surface area contributed by atoms with E-state index in [-0.39, 0.29) is 5.54 Å². The number of carbonyl (C=O) groups excluding carboxylic acids is 1. The van der Waals surface area contributed by atoms with Gasteiger partial charge in [0.15, 0.2) is 5.78 Å². The molecule has 1 aliphatic heterocycles. The molecule has 0 aliphatic carbocycles. The molecule has 1 atom stereocenters. The van der Waals surface area contributed by atoms with Crippen LogP contribution in [0, 0.1) is 0 Å². The van der Waals surface area contributed by atoms with Gasteiger partial charge in [0.2, 0.25) is 0 Å². The average Bonchev–Trinajstić information content (AvgIpc) is 2.87. The lowest BCUT2D eigenvalue weighted by Crippen LogP contribution is -2.47. The molecular weight excluding hydrogens is 208 g/mol. The van der Waals surface area contributed by atoms with Gasteiger partial charge in [0, 0.05) is 11.6 Å². The van der Waals surface area contributed by atoms with E-state index in [9.17, 15) is 4.79 Å². The highest BCUT2D eigenvalue weighted by molar-refractivity contribution is 7.09. The molecule has 4 heteroatoms. The minimum absolute atomic E-state index is 0.258. The summed E-state index contributed by atoms with van der Waals surface area (Å²) >= 11 is 1.56. The molecule has 0 aromatic carbocycles. The molecule has 1 unspecified atom stereocenters. The Labute approximate surface area is 93.9 Å². The Morgan fingerprint density at radius 2 is 2.60 bits per heavy atom. The van der Waals surface area contributed by atoms with Gasteiger partial charge >= 0.3 is 0 Å². The van der Waals surface area contributed by atoms with E-state index in [4.69, 9.17) is 0 Å². The third-order valence-corrected chi connectivity index (χ3v) is 3.96. The molecule has 0 saturated carbocycles. The number of rotatable bonds is 4. The minimum atomic E-state index is -0.258. The predicted octanol–water partition coefficient (Wildman–Crippen LogP) is 1.79. The Bertz CT molecular complexity index is 328. The molecule has 1 aliphatic rings. The topological polar surface area (TPSA) is 42.0 Å². The molecule has 0 radical (unpaired) electrons. The maximum absolute atomic E-state index is 12.2. The summed E-state index contributed by atoms with van der Waals surface area (Å²) in [7, 11) is 0. The number of nitrogens with zero attached hydrogens (tertiary/aromatic N) is 1. The molecule has 3 nitrogen and oxygen atoms in total. The molecule has 0 bridgehead atoms. The number of Topliss-reactive ketones (excluding diaryl/α,β-unsaturated/α-hetero) is 1. The summed E-state index contributed by atoms with van der Waals surface area (Å²) in [6.45, 7) is 3.05. The van der Waals surface area contributed by atoms with Gasteiger partial charge in [-0.15, -0.1) is 11.3 Å². The van der Waals surface area contributed by atoms with Gasteiger partial charge in [-0.25, -0.2) is 4.98 Å². The van der Waals surface area contributed by atoms with Crippen molar-refractivity contribution in [1.29, 1.82) is 0 Å². The maximum Gasteiger partial charge on any atom is 0.159 e. The van der Waals surface area contributed by atoms with Crippen molar-refractivity contribution in [2.24, 2.45) is 0 Å². The molecule has 1 N–H and O–H groups in total. The molecule has 15 heavy (non-hydrogen) atoms. The van der Waals surface area contributed by atoms with Gasteiger partial charge in [-0.2, -0.15) is 0 Å². The van der Waals surface area contributed by atoms with Crippen LogP contribution in [0.2, 0.25) is 0 Å². The van der Waals surface area contributed by atoms with Crippen LogP contribution >= 0.6 is 11.3 Å². The molecule has 1 aromatic rings. The summed E-state index contributed by atoms with van der Waals surface area (Å²) in [6.07, 6.45) is 5.22. The molecular formula is C11H16N2OS. The molecule has 0 amide bonds. The zero-order chi connectivity index (χ0) is 10.7. The second kappa shape index (κ2) is 4.41. The van der Waals surface area contributed by atoms with E-state index in [0.29, 0.717) is 12.2 Å². The van der Waals surface area contributed by atoms with E-state index in [1.165, 1.54) is 0 Å². The molecule has 2 heterocycles. The number of hydrogen-bond acceptors (Lipinski definition) is 4. The Kier molecular flexibility index (Phi) is 3.17. The number of thiazole rings is 1. The lowest BCUT2D eigenvalue weighted by molar-refractivity contribution is -0.124. The monoisotopic (exact) mass is 224 g/mol. The number of ketones is 1. The van der Waals surface area contributed by atoms with E-state index >= 15 is 0 Å². The largest absolute Gasteiger partial charge is 0.305 e. The Morgan fingerprint density at radius 1 is 1.73 bits per heavy atom. The van der Waals surface area contributed by atoms with Gasteiger partial charge in [0.1, 0.15) is 0 Å². The van der Waals surface area contributed by atoms with Crippen molar-refractivity contribution in [2.45, 2.75) is 38.1 Å². The van der Waals surface area contributed by atoms with Crippen LogP contribution < -0.4 is 5.32 Å². The summed E-state index contributed by atoms with van der Waals surface area (Å²) in [5.74, 6) is 0.303. The fraction of sp³-hybridized carbons (Fsp3) is 0.636. The van der Waals surface area contributed by atoms with E-state index in [2.05, 4.69) is 17.2 Å². The van der Waals surface area contributed by atoms with Gasteiger partial charge < -0.3 is 5.32 Å². The van der Waals surface area contributed by atoms with Crippen LogP contribution in [0.5, 0.6) is 0 Å². The van der Waals surface area contributed by atoms with Crippen molar-refractivity contribution >= 4 is 17.1 Å². The van der Waals surface area contributed by atoms with Crippen LogP contribution in [0.15, 0.2) is 11.6 Å². The van der Waals surface area contributed by atoms with Crippen LogP contribution in [0.4, 0.5) is 0 Å². The van der Waals surface area contributed by atoms with E-state index < -0.39 is 0 Å². The normalized spacial score (nSPS) is 25.7. The third kappa shape index (κ3) is 2.11. The van der Waals surface area contributed by atoms with E-state index in [1.54, 1.807) is 17.5 Å². The van der Waals surface area contributed by atoms with Crippen molar-refractivity contribution in [2.75, 3.05) is 6.54 Å². The van der Waals surface area contributed by atoms with Gasteiger partial charge in [0.25, 0.3) is 0 Å². The van der Waals surface area contributed by atoms with Crippen LogP contribution in [-0.2, 0) is 11.2 Å². The SMILES string of the molecule is CCC1(C(=O)Cc2nccs2)CCCN1. The maximum atomic E-state index is 12.2. The molecule has 0 spiro atoms. The molecule has 1 aromatic heterocycles. The predicted molar refractivity (Wildman–Crippen MR) is 61.1 cm³/mol. The summed E-state index contributed by atoms with van der Waals surface area (Å²) in [5, 5.41) is 6.21. The first-order chi connectivity index (χ1) is 7.27. The van der Waals surface area contributed by atoms with Crippen LogP contribution in [-0.4, -0.2) is 22.9 Å². The summed E-state index contributed by atoms with van der Waals surface area (Å²) in [5.41, 5.74) is -0.258. The van der Waals surface area contributed by atoms with Crippen LogP contribution in [0.3, 0.4) is 0 Å². The number of hydrogen-bond donors (Lipinski definition) is 1. The molecule has 1 saturated heterocycles. The standard InChI is InChI=1S/C11H16N2OS/c1-2-11(4-3-5-13-11)9(14)8-10-12-6-7-15-10/h6-7,13H,2-5,8H2,1H3. The van der Waals surface area contributed by atoms with Crippen LogP contribution in [0.25, 0.3) is 0 Å². The summed E-state index contributed by atoms with van der Waals surface area (Å²) < 4.78 is 0. The number of carbonyl (C=O) groups is 1. The van der Waals surface area contributed by atoms with Crippen molar-refractivity contribution in [3.05, 3.63) is 16.6 Å². The van der Waals surface area contributed by atoms with Gasteiger partial charge in [-0.1, -0.05) is 6.92 Å². The third-order valence-electron chi connectivity index (χ3n) is 3.18. The van der Waals surface area contributed by atoms with E-state index in [0.717, 1.165) is 30.8 Å². The second-order valence-electron chi connectivity index (χ2n) is 3.99. The van der Waals surface area contributed by atoms with Crippen molar-refractivity contribution in [3.63, 3.8) is 0 Å². The lowest BCUT2D eigenvalue weighted by atomic mass is 9.88. The Hall–Kier alpha value is -0.740. The van der Waals surface area contributed by atoms with E-state index in [1.807, 2.05) is 5.38 Å². The summed E-state index contributed by atoms with van der Waals surface area (Å²) in [6, 6.07) is 0. The zero-order valence-electron chi connectivity index (χ0n) is 8.95. The second-order valence-corrected chi connectivity index (χ2v) is 4.97. The number of nitrogens with one attached hydrogen (secondary N) is 1. The Morgan fingerprint density at radius 3 is 3.13 bits per heavy atom. The first kappa shape index (κ1) is 10.8. The van der Waals surface area contributed by atoms with Crippen molar-refractivity contribution in [1.82, 2.24) is 10.3 Å². The number of aromatic nitrogens is 1. The quantitative estimate of drug-likeness (QED) is 0.847. The fourth-order valence-corrected chi connectivity index (χ4v) is 2.80. The van der Waals surface area contributed by atoms with Crippen molar-refractivity contribution in [3.8, 4) is 0 Å².